The zero-order valence-corrected chi connectivity index (χ0v) is 18.1. The fourth-order valence-corrected chi connectivity index (χ4v) is 3.44. The minimum Gasteiger partial charge on any atom is -0.380 e. The number of para-hydroxylation sites is 1. The van der Waals surface area contributed by atoms with Crippen LogP contribution in [0.4, 0.5) is 24.5 Å². The number of carbonyl (C=O) groups is 1. The Labute approximate surface area is 193 Å². The lowest BCUT2D eigenvalue weighted by Gasteiger charge is -2.15. The van der Waals surface area contributed by atoms with Crippen molar-refractivity contribution in [3.05, 3.63) is 112 Å². The van der Waals surface area contributed by atoms with Gasteiger partial charge >= 0.3 is 6.18 Å². The van der Waals surface area contributed by atoms with Gasteiger partial charge in [-0.05, 0) is 54.4 Å². The molecule has 174 valence electrons. The zero-order chi connectivity index (χ0) is 24.3. The maximum atomic E-state index is 13.5. The van der Waals surface area contributed by atoms with E-state index < -0.39 is 17.6 Å². The van der Waals surface area contributed by atoms with Gasteiger partial charge in [0.05, 0.1) is 11.1 Å². The Morgan fingerprint density at radius 1 is 1.06 bits per heavy atom. The third-order valence-corrected chi connectivity index (χ3v) is 5.15. The first-order valence-electron chi connectivity index (χ1n) is 10.4. The molecule has 0 aliphatic rings. The first-order chi connectivity index (χ1) is 16.2. The van der Waals surface area contributed by atoms with Crippen molar-refractivity contribution in [3.8, 4) is 5.69 Å². The third-order valence-electron chi connectivity index (χ3n) is 5.15. The summed E-state index contributed by atoms with van der Waals surface area (Å²) in [4.78, 5) is 26.8. The number of amides is 1. The second-order valence-corrected chi connectivity index (χ2v) is 7.78. The van der Waals surface area contributed by atoms with Crippen molar-refractivity contribution in [2.45, 2.75) is 19.6 Å². The Kier molecular flexibility index (Phi) is 6.27. The Morgan fingerprint density at radius 3 is 2.53 bits per heavy atom. The number of pyridine rings is 1. The lowest BCUT2D eigenvalue weighted by Crippen LogP contribution is -2.16. The fraction of sp³-hybridized carbons (Fsp3) is 0.120. The molecule has 6 nitrogen and oxygen atoms in total. The van der Waals surface area contributed by atoms with Crippen LogP contribution < -0.4 is 16.2 Å². The van der Waals surface area contributed by atoms with Gasteiger partial charge in [-0.2, -0.15) is 13.2 Å². The number of hydrogen-bond acceptors (Lipinski definition) is 3. The number of halogens is 3. The van der Waals surface area contributed by atoms with Crippen molar-refractivity contribution in [2.24, 2.45) is 0 Å². The Balaban J connectivity index is 1.60. The summed E-state index contributed by atoms with van der Waals surface area (Å²) in [5, 5.41) is 5.72. The van der Waals surface area contributed by atoms with Crippen molar-refractivity contribution in [2.75, 3.05) is 10.6 Å². The summed E-state index contributed by atoms with van der Waals surface area (Å²) >= 11 is 0. The van der Waals surface area contributed by atoms with Gasteiger partial charge in [0.25, 0.3) is 5.91 Å². The molecule has 4 rings (SSSR count). The van der Waals surface area contributed by atoms with Crippen LogP contribution in [0.1, 0.15) is 27.0 Å². The molecule has 0 bridgehead atoms. The summed E-state index contributed by atoms with van der Waals surface area (Å²) < 4.78 is 42.1. The lowest BCUT2D eigenvalue weighted by atomic mass is 10.1. The molecule has 0 aliphatic heterocycles. The number of hydrogen-bond donors (Lipinski definition) is 3. The molecule has 0 saturated carbocycles. The molecule has 2 aromatic heterocycles. The second-order valence-electron chi connectivity index (χ2n) is 7.78. The molecule has 0 saturated heterocycles. The highest BCUT2D eigenvalue weighted by molar-refractivity contribution is 6.08. The number of anilines is 2. The number of aryl methyl sites for hydroxylation is 1. The largest absolute Gasteiger partial charge is 0.416 e. The summed E-state index contributed by atoms with van der Waals surface area (Å²) in [5.74, 6) is -0.557. The van der Waals surface area contributed by atoms with Crippen LogP contribution in [0.2, 0.25) is 0 Å². The molecular formula is C25H21F3N4O2. The molecule has 34 heavy (non-hydrogen) atoms. The van der Waals surface area contributed by atoms with Crippen molar-refractivity contribution >= 4 is 17.3 Å². The van der Waals surface area contributed by atoms with Crippen LogP contribution in [0, 0.1) is 6.92 Å². The number of aromatic nitrogens is 2. The summed E-state index contributed by atoms with van der Waals surface area (Å²) in [6.07, 6.45) is 0.350. The molecule has 9 heteroatoms. The molecule has 2 heterocycles. The molecule has 0 spiro atoms. The smallest absolute Gasteiger partial charge is 0.380 e. The minimum absolute atomic E-state index is 0.0246. The topological polar surface area (TPSA) is 78.9 Å². The molecule has 4 aromatic rings. The zero-order valence-electron chi connectivity index (χ0n) is 18.1. The molecular weight excluding hydrogens is 445 g/mol. The average Bonchev–Trinajstić information content (AvgIpc) is 3.24. The molecule has 3 N–H and O–H groups in total. The van der Waals surface area contributed by atoms with Gasteiger partial charge in [-0.15, -0.1) is 0 Å². The van der Waals surface area contributed by atoms with Crippen LogP contribution >= 0.6 is 0 Å². The Morgan fingerprint density at radius 2 is 1.85 bits per heavy atom. The van der Waals surface area contributed by atoms with E-state index in [0.29, 0.717) is 12.2 Å². The van der Waals surface area contributed by atoms with Crippen LogP contribution in [0.25, 0.3) is 5.69 Å². The number of carbonyl (C=O) groups excluding carboxylic acids is 1. The first-order valence-corrected chi connectivity index (χ1v) is 10.4. The maximum absolute atomic E-state index is 13.5. The average molecular weight is 466 g/mol. The lowest BCUT2D eigenvalue weighted by molar-refractivity contribution is -0.137. The number of nitrogens with one attached hydrogen (secondary N) is 3. The normalized spacial score (nSPS) is 11.3. The van der Waals surface area contributed by atoms with E-state index >= 15 is 0 Å². The molecule has 0 unspecified atom stereocenters. The van der Waals surface area contributed by atoms with Gasteiger partial charge in [-0.25, -0.2) is 0 Å². The van der Waals surface area contributed by atoms with E-state index in [1.807, 2.05) is 6.92 Å². The number of benzene rings is 2. The predicted octanol–water partition coefficient (Wildman–Crippen LogP) is 5.36. The van der Waals surface area contributed by atoms with E-state index in [0.717, 1.165) is 23.3 Å². The number of alkyl halides is 3. The van der Waals surface area contributed by atoms with Gasteiger partial charge in [0.2, 0.25) is 5.56 Å². The Bertz CT molecular complexity index is 1370. The minimum atomic E-state index is -4.58. The van der Waals surface area contributed by atoms with E-state index in [2.05, 4.69) is 15.6 Å². The number of nitrogens with zero attached hydrogens (tertiary/aromatic N) is 1. The van der Waals surface area contributed by atoms with E-state index in [9.17, 15) is 22.8 Å². The van der Waals surface area contributed by atoms with Gasteiger partial charge in [-0.1, -0.05) is 18.2 Å². The second kappa shape index (κ2) is 9.30. The molecule has 0 aliphatic carbocycles. The maximum Gasteiger partial charge on any atom is 0.416 e. The van der Waals surface area contributed by atoms with E-state index in [4.69, 9.17) is 0 Å². The molecule has 2 aromatic carbocycles. The van der Waals surface area contributed by atoms with Crippen LogP contribution in [-0.4, -0.2) is 15.5 Å². The quantitative estimate of drug-likeness (QED) is 0.358. The highest BCUT2D eigenvalue weighted by atomic mass is 19.4. The SMILES string of the molecule is Cc1ccn(-c2cc(NC(=O)c3ccccc3NCc3ccc(=O)[nH]c3)cc(C(F)(F)F)c2)c1. The molecule has 0 fully saturated rings. The van der Waals surface area contributed by atoms with Gasteiger partial charge < -0.3 is 20.2 Å². The van der Waals surface area contributed by atoms with Crippen LogP contribution in [0.15, 0.2) is 84.0 Å². The number of rotatable bonds is 6. The van der Waals surface area contributed by atoms with Crippen molar-refractivity contribution < 1.29 is 18.0 Å². The van der Waals surface area contributed by atoms with Gasteiger partial charge in [0, 0.05) is 48.3 Å². The van der Waals surface area contributed by atoms with Gasteiger partial charge in [0.1, 0.15) is 0 Å². The van der Waals surface area contributed by atoms with Crippen molar-refractivity contribution in [3.63, 3.8) is 0 Å². The van der Waals surface area contributed by atoms with Crippen LogP contribution in [0.3, 0.4) is 0 Å². The van der Waals surface area contributed by atoms with Gasteiger partial charge in [0.15, 0.2) is 0 Å². The summed E-state index contributed by atoms with van der Waals surface area (Å²) in [6.45, 7) is 2.17. The van der Waals surface area contributed by atoms with Crippen LogP contribution in [0.5, 0.6) is 0 Å². The molecule has 0 atom stereocenters. The summed E-state index contributed by atoms with van der Waals surface area (Å²) in [7, 11) is 0. The summed E-state index contributed by atoms with van der Waals surface area (Å²) in [6, 6.07) is 14.9. The van der Waals surface area contributed by atoms with Gasteiger partial charge in [-0.3, -0.25) is 9.59 Å². The first kappa shape index (κ1) is 22.9. The van der Waals surface area contributed by atoms with Crippen molar-refractivity contribution in [1.82, 2.24) is 9.55 Å². The third kappa shape index (κ3) is 5.37. The van der Waals surface area contributed by atoms with E-state index in [1.54, 1.807) is 59.6 Å². The fourth-order valence-electron chi connectivity index (χ4n) is 3.44. The number of H-pyrrole nitrogens is 1. The van der Waals surface area contributed by atoms with E-state index in [1.165, 1.54) is 12.1 Å². The highest BCUT2D eigenvalue weighted by Gasteiger charge is 2.31. The van der Waals surface area contributed by atoms with E-state index in [-0.39, 0.29) is 22.5 Å². The number of aromatic amines is 1. The Hall–Kier alpha value is -4.27. The standard InChI is InChI=1S/C25H21F3N4O2/c1-16-8-9-32(15-16)20-11-18(25(26,27)28)10-19(12-20)31-24(34)21-4-2-3-5-22(21)29-13-17-6-7-23(33)30-14-17/h2-12,14-15,29H,13H2,1H3,(H,30,33)(H,31,34). The van der Waals surface area contributed by atoms with Crippen LogP contribution in [-0.2, 0) is 12.7 Å². The summed E-state index contributed by atoms with van der Waals surface area (Å²) in [5.41, 5.74) is 1.67. The molecule has 1 amide bonds. The highest BCUT2D eigenvalue weighted by Crippen LogP contribution is 2.33. The monoisotopic (exact) mass is 466 g/mol. The predicted molar refractivity (Wildman–Crippen MR) is 124 cm³/mol. The van der Waals surface area contributed by atoms with Crippen molar-refractivity contribution in [1.29, 1.82) is 0 Å². The molecule has 0 radical (unpaired) electrons.